The second kappa shape index (κ2) is 13.9. The van der Waals surface area contributed by atoms with Crippen LogP contribution >= 0.6 is 0 Å². The molecule has 0 fully saturated rings. The number of nitrogens with one attached hydrogen (secondary N) is 1. The van der Waals surface area contributed by atoms with E-state index < -0.39 is 25.1 Å². The fraction of sp³-hybridized carbons (Fsp3) is 0.450. The number of hydrogen-bond acceptors (Lipinski definition) is 3. The summed E-state index contributed by atoms with van der Waals surface area (Å²) in [6.45, 7) is 9.32. The summed E-state index contributed by atoms with van der Waals surface area (Å²) < 4.78 is 60.9. The Bertz CT molecular complexity index is 601. The van der Waals surface area contributed by atoms with Crippen molar-refractivity contribution < 1.29 is 22.0 Å². The summed E-state index contributed by atoms with van der Waals surface area (Å²) in [5, 5.41) is 3.98. The van der Waals surface area contributed by atoms with Gasteiger partial charge < -0.3 is 5.73 Å². The second-order valence-electron chi connectivity index (χ2n) is 5.96. The molecule has 3 nitrogen and oxygen atoms in total. The van der Waals surface area contributed by atoms with Crippen molar-refractivity contribution in [3.8, 4) is 0 Å². The van der Waals surface area contributed by atoms with Gasteiger partial charge in [0.05, 0.1) is 0 Å². The van der Waals surface area contributed by atoms with Gasteiger partial charge in [-0.3, -0.25) is 5.43 Å². The summed E-state index contributed by atoms with van der Waals surface area (Å²) in [7, 11) is 0. The zero-order valence-electron chi connectivity index (χ0n) is 16.0. The van der Waals surface area contributed by atoms with Crippen LogP contribution in [0.5, 0.6) is 0 Å². The predicted octanol–water partition coefficient (Wildman–Crippen LogP) is 5.80. The van der Waals surface area contributed by atoms with Crippen molar-refractivity contribution in [3.05, 3.63) is 60.4 Å². The third-order valence-corrected chi connectivity index (χ3v) is 3.70. The van der Waals surface area contributed by atoms with Crippen molar-refractivity contribution in [2.24, 2.45) is 10.8 Å². The fourth-order valence-corrected chi connectivity index (χ4v) is 2.21. The first-order chi connectivity index (χ1) is 13.1. The Kier molecular flexibility index (Phi) is 12.8. The molecule has 0 aliphatic carbocycles. The summed E-state index contributed by atoms with van der Waals surface area (Å²) in [5.41, 5.74) is 10.6. The molecule has 0 radical (unpaired) electrons. The number of allylic oxidation sites excluding steroid dienone is 5. The van der Waals surface area contributed by atoms with Gasteiger partial charge in [-0.1, -0.05) is 32.2 Å². The van der Waals surface area contributed by atoms with Gasteiger partial charge in [-0.05, 0) is 55.1 Å². The maximum atomic E-state index is 12.2. The second-order valence-corrected chi connectivity index (χ2v) is 5.96. The van der Waals surface area contributed by atoms with Gasteiger partial charge in [0.1, 0.15) is 0 Å². The van der Waals surface area contributed by atoms with Crippen LogP contribution in [0.1, 0.15) is 39.0 Å². The molecule has 0 saturated heterocycles. The lowest BCUT2D eigenvalue weighted by atomic mass is 9.96. The maximum absolute atomic E-state index is 12.2. The Morgan fingerprint density at radius 1 is 1.25 bits per heavy atom. The first kappa shape index (κ1) is 25.8. The minimum Gasteiger partial charge on any atom is -0.324 e. The lowest BCUT2D eigenvalue weighted by molar-refractivity contribution is -0.135. The fourth-order valence-electron chi connectivity index (χ4n) is 2.21. The molecule has 1 unspecified atom stereocenters. The van der Waals surface area contributed by atoms with Crippen LogP contribution in [-0.2, 0) is 0 Å². The number of hydrazone groups is 1. The van der Waals surface area contributed by atoms with Crippen molar-refractivity contribution in [1.29, 1.82) is 0 Å². The van der Waals surface area contributed by atoms with Crippen LogP contribution in [-0.4, -0.2) is 24.9 Å². The molecular formula is C20H28F5N3. The number of nitrogens with two attached hydrogens (primary N) is 1. The molecule has 8 heteroatoms. The van der Waals surface area contributed by atoms with E-state index in [0.717, 1.165) is 11.6 Å². The van der Waals surface area contributed by atoms with E-state index in [1.54, 1.807) is 12.2 Å². The highest BCUT2D eigenvalue weighted by Crippen LogP contribution is 2.23. The summed E-state index contributed by atoms with van der Waals surface area (Å²) in [6, 6.07) is -0.499. The van der Waals surface area contributed by atoms with Crippen molar-refractivity contribution in [3.63, 3.8) is 0 Å². The quantitative estimate of drug-likeness (QED) is 0.134. The molecule has 28 heavy (non-hydrogen) atoms. The summed E-state index contributed by atoms with van der Waals surface area (Å²) >= 11 is 0. The van der Waals surface area contributed by atoms with Gasteiger partial charge in [0.25, 0.3) is 6.43 Å². The van der Waals surface area contributed by atoms with E-state index in [-0.39, 0.29) is 19.3 Å². The SMILES string of the molecule is C=C/C=C(\CCCC(F)(F)F)N/N=C\C=C(\CC)C(=C)C(N)C/C=C/C(F)F. The highest BCUT2D eigenvalue weighted by atomic mass is 19.4. The summed E-state index contributed by atoms with van der Waals surface area (Å²) in [6.07, 6.45) is 1.63. The highest BCUT2D eigenvalue weighted by Gasteiger charge is 2.26. The van der Waals surface area contributed by atoms with Gasteiger partial charge in [-0.25, -0.2) is 8.78 Å². The van der Waals surface area contributed by atoms with Crippen LogP contribution in [0.25, 0.3) is 0 Å². The monoisotopic (exact) mass is 405 g/mol. The molecule has 0 amide bonds. The molecule has 0 heterocycles. The third kappa shape index (κ3) is 13.0. The Labute approximate surface area is 163 Å². The van der Waals surface area contributed by atoms with E-state index in [0.29, 0.717) is 17.7 Å². The number of nitrogens with zero attached hydrogens (tertiary/aromatic N) is 1. The molecule has 0 rings (SSSR count). The number of hydrogen-bond donors (Lipinski definition) is 2. The third-order valence-electron chi connectivity index (χ3n) is 3.70. The van der Waals surface area contributed by atoms with E-state index in [1.807, 2.05) is 6.92 Å². The maximum Gasteiger partial charge on any atom is 0.389 e. The Balaban J connectivity index is 4.75. The zero-order valence-corrected chi connectivity index (χ0v) is 16.0. The van der Waals surface area contributed by atoms with E-state index in [1.165, 1.54) is 18.4 Å². The van der Waals surface area contributed by atoms with Gasteiger partial charge in [-0.2, -0.15) is 18.3 Å². The predicted molar refractivity (Wildman–Crippen MR) is 105 cm³/mol. The van der Waals surface area contributed by atoms with Gasteiger partial charge in [0.15, 0.2) is 0 Å². The van der Waals surface area contributed by atoms with E-state index in [4.69, 9.17) is 5.73 Å². The first-order valence-corrected chi connectivity index (χ1v) is 8.86. The van der Waals surface area contributed by atoms with Gasteiger partial charge in [0.2, 0.25) is 0 Å². The Morgan fingerprint density at radius 2 is 1.93 bits per heavy atom. The summed E-state index contributed by atoms with van der Waals surface area (Å²) in [5.74, 6) is 0. The summed E-state index contributed by atoms with van der Waals surface area (Å²) in [4.78, 5) is 0. The van der Waals surface area contributed by atoms with Gasteiger partial charge in [-0.15, -0.1) is 0 Å². The van der Waals surface area contributed by atoms with Crippen LogP contribution in [0.15, 0.2) is 65.5 Å². The molecule has 0 aromatic carbocycles. The van der Waals surface area contributed by atoms with Crippen molar-refractivity contribution in [1.82, 2.24) is 5.43 Å². The number of halogens is 5. The number of alkyl halides is 5. The molecular weight excluding hydrogens is 377 g/mol. The van der Waals surface area contributed by atoms with Crippen LogP contribution < -0.4 is 11.2 Å². The van der Waals surface area contributed by atoms with Crippen molar-refractivity contribution in [2.45, 2.75) is 57.7 Å². The van der Waals surface area contributed by atoms with Crippen molar-refractivity contribution >= 4 is 6.21 Å². The Morgan fingerprint density at radius 3 is 2.46 bits per heavy atom. The molecule has 0 aliphatic heterocycles. The Hall–Kier alpha value is -2.22. The van der Waals surface area contributed by atoms with Crippen LogP contribution in [0.3, 0.4) is 0 Å². The van der Waals surface area contributed by atoms with Crippen LogP contribution in [0.4, 0.5) is 22.0 Å². The molecule has 0 aromatic rings. The molecule has 1 atom stereocenters. The molecule has 158 valence electrons. The smallest absolute Gasteiger partial charge is 0.324 e. The molecule has 0 aromatic heterocycles. The standard InChI is InChI=1S/C20H28F5N3/c1-4-8-17(9-7-13-20(23,24)25)28-27-14-12-16(5-2)15(3)18(26)10-6-11-19(21)22/h4,6,8,11-12,14,18-19,28H,1,3,5,7,9-10,13,26H2,2H3/b11-6+,16-12-,17-8+,27-14-. The zero-order chi connectivity index (χ0) is 21.6. The molecule has 0 aliphatic rings. The average Bonchev–Trinajstić information content (AvgIpc) is 2.59. The van der Waals surface area contributed by atoms with Crippen LogP contribution in [0.2, 0.25) is 0 Å². The first-order valence-electron chi connectivity index (χ1n) is 8.86. The van der Waals surface area contributed by atoms with Gasteiger partial charge in [0, 0.05) is 24.4 Å². The average molecular weight is 405 g/mol. The topological polar surface area (TPSA) is 50.4 Å². The molecule has 3 N–H and O–H groups in total. The molecule has 0 saturated carbocycles. The molecule has 0 spiro atoms. The van der Waals surface area contributed by atoms with E-state index >= 15 is 0 Å². The highest BCUT2D eigenvalue weighted by molar-refractivity contribution is 5.73. The van der Waals surface area contributed by atoms with Crippen LogP contribution in [0, 0.1) is 0 Å². The minimum absolute atomic E-state index is 0.0560. The largest absolute Gasteiger partial charge is 0.389 e. The lowest BCUT2D eigenvalue weighted by Crippen LogP contribution is -2.22. The molecule has 0 bridgehead atoms. The van der Waals surface area contributed by atoms with E-state index in [2.05, 4.69) is 23.7 Å². The van der Waals surface area contributed by atoms with E-state index in [9.17, 15) is 22.0 Å². The van der Waals surface area contributed by atoms with Crippen molar-refractivity contribution in [2.75, 3.05) is 0 Å². The minimum atomic E-state index is -4.19. The number of rotatable bonds is 13. The van der Waals surface area contributed by atoms with Gasteiger partial charge >= 0.3 is 6.18 Å². The normalized spacial score (nSPS) is 14.9. The lowest BCUT2D eigenvalue weighted by Gasteiger charge is -2.15.